The zero-order valence-corrected chi connectivity index (χ0v) is 14.5. The minimum absolute atomic E-state index is 0.106. The molecule has 0 unspecified atom stereocenters. The van der Waals surface area contributed by atoms with E-state index in [1.54, 1.807) is 19.9 Å². The number of hydrogen-bond acceptors (Lipinski definition) is 7. The molecular weight excluding hydrogens is 344 g/mol. The van der Waals surface area contributed by atoms with Gasteiger partial charge in [-0.1, -0.05) is 5.16 Å². The zero-order valence-electron chi connectivity index (χ0n) is 13.7. The van der Waals surface area contributed by atoms with Crippen LogP contribution >= 0.6 is 11.3 Å². The Labute approximate surface area is 147 Å². The van der Waals surface area contributed by atoms with E-state index < -0.39 is 5.91 Å². The second-order valence-electron chi connectivity index (χ2n) is 5.35. The highest BCUT2D eigenvalue weighted by atomic mass is 32.1. The Hall–Kier alpha value is -2.94. The van der Waals surface area contributed by atoms with Crippen molar-refractivity contribution in [2.24, 2.45) is 0 Å². The number of nitrogens with zero attached hydrogens (tertiary/aromatic N) is 2. The first-order valence-electron chi connectivity index (χ1n) is 7.54. The maximum absolute atomic E-state index is 12.0. The average molecular weight is 360 g/mol. The molecule has 0 aliphatic rings. The summed E-state index contributed by atoms with van der Waals surface area (Å²) in [5.41, 5.74) is 5.97. The van der Waals surface area contributed by atoms with Gasteiger partial charge in [0.05, 0.1) is 5.56 Å². The summed E-state index contributed by atoms with van der Waals surface area (Å²) in [6, 6.07) is 3.50. The number of aromatic nitrogens is 2. The molecule has 0 saturated heterocycles. The van der Waals surface area contributed by atoms with Crippen LogP contribution in [0.25, 0.3) is 11.4 Å². The number of nitrogens with one attached hydrogen (secondary N) is 2. The highest BCUT2D eigenvalue weighted by Gasteiger charge is 2.15. The van der Waals surface area contributed by atoms with E-state index in [0.717, 1.165) is 5.56 Å². The molecule has 9 heteroatoms. The van der Waals surface area contributed by atoms with E-state index in [1.807, 2.05) is 16.8 Å². The summed E-state index contributed by atoms with van der Waals surface area (Å²) in [7, 11) is 0. The predicted octanol–water partition coefficient (Wildman–Crippen LogP) is 2.40. The third kappa shape index (κ3) is 4.13. The lowest BCUT2D eigenvalue weighted by molar-refractivity contribution is -0.121. The first-order valence-corrected chi connectivity index (χ1v) is 8.48. The van der Waals surface area contributed by atoms with Crippen molar-refractivity contribution in [3.8, 4) is 11.4 Å². The molecule has 0 aliphatic heterocycles. The maximum Gasteiger partial charge on any atom is 0.273 e. The second kappa shape index (κ2) is 7.31. The predicted molar refractivity (Wildman–Crippen MR) is 89.7 cm³/mol. The number of furan rings is 1. The van der Waals surface area contributed by atoms with Crippen molar-refractivity contribution < 1.29 is 18.5 Å². The first-order chi connectivity index (χ1) is 12.0. The van der Waals surface area contributed by atoms with Crippen molar-refractivity contribution >= 4 is 23.2 Å². The highest BCUT2D eigenvalue weighted by Crippen LogP contribution is 2.19. The Kier molecular flexibility index (Phi) is 4.94. The van der Waals surface area contributed by atoms with E-state index in [1.165, 1.54) is 11.3 Å². The van der Waals surface area contributed by atoms with Gasteiger partial charge in [0.15, 0.2) is 0 Å². The molecule has 8 nitrogen and oxygen atoms in total. The van der Waals surface area contributed by atoms with Crippen LogP contribution in [0, 0.1) is 13.8 Å². The van der Waals surface area contributed by atoms with Gasteiger partial charge in [0, 0.05) is 23.8 Å². The van der Waals surface area contributed by atoms with Crippen molar-refractivity contribution in [3.63, 3.8) is 0 Å². The van der Waals surface area contributed by atoms with Crippen molar-refractivity contribution in [1.82, 2.24) is 21.0 Å². The molecular formula is C16H16N4O4S. The van der Waals surface area contributed by atoms with Crippen LogP contribution in [0.3, 0.4) is 0 Å². The van der Waals surface area contributed by atoms with E-state index in [0.29, 0.717) is 28.8 Å². The molecule has 0 aliphatic carbocycles. The van der Waals surface area contributed by atoms with Crippen LogP contribution < -0.4 is 10.9 Å². The molecule has 3 aromatic heterocycles. The minimum atomic E-state index is -0.430. The Bertz CT molecular complexity index is 882. The number of carbonyl (C=O) groups is 2. The third-order valence-corrected chi connectivity index (χ3v) is 4.10. The topological polar surface area (TPSA) is 110 Å². The molecule has 3 heterocycles. The Balaban J connectivity index is 1.47. The number of rotatable bonds is 5. The van der Waals surface area contributed by atoms with Crippen LogP contribution in [0.1, 0.15) is 34.2 Å². The molecule has 0 atom stereocenters. The SMILES string of the molecule is Cc1cc(C(=O)NNC(=O)CCc2nc(-c3ccsc3)no2)c(C)o1. The molecule has 0 aromatic carbocycles. The van der Waals surface area contributed by atoms with Gasteiger partial charge in [0.1, 0.15) is 11.5 Å². The highest BCUT2D eigenvalue weighted by molar-refractivity contribution is 7.08. The van der Waals surface area contributed by atoms with Crippen LogP contribution in [0.2, 0.25) is 0 Å². The Morgan fingerprint density at radius 2 is 2.12 bits per heavy atom. The van der Waals surface area contributed by atoms with Crippen LogP contribution in [-0.4, -0.2) is 22.0 Å². The Morgan fingerprint density at radius 3 is 2.80 bits per heavy atom. The maximum atomic E-state index is 12.0. The number of thiophene rings is 1. The summed E-state index contributed by atoms with van der Waals surface area (Å²) in [5.74, 6) is 1.20. The lowest BCUT2D eigenvalue weighted by Crippen LogP contribution is -2.41. The number of amides is 2. The molecule has 0 fully saturated rings. The summed E-state index contributed by atoms with van der Waals surface area (Å²) >= 11 is 1.54. The van der Waals surface area contributed by atoms with Crippen LogP contribution in [0.5, 0.6) is 0 Å². The van der Waals surface area contributed by atoms with Crippen molar-refractivity contribution in [2.75, 3.05) is 0 Å². The lowest BCUT2D eigenvalue weighted by Gasteiger charge is -2.05. The molecule has 0 bridgehead atoms. The van der Waals surface area contributed by atoms with Gasteiger partial charge in [-0.25, -0.2) is 0 Å². The summed E-state index contributed by atoms with van der Waals surface area (Å²) in [6.07, 6.45) is 0.387. The average Bonchev–Trinajstić information content (AvgIpc) is 3.31. The molecule has 130 valence electrons. The minimum Gasteiger partial charge on any atom is -0.466 e. The first kappa shape index (κ1) is 16.9. The van der Waals surface area contributed by atoms with E-state index in [9.17, 15) is 9.59 Å². The quantitative estimate of drug-likeness (QED) is 0.676. The van der Waals surface area contributed by atoms with E-state index in [2.05, 4.69) is 21.0 Å². The molecule has 2 N–H and O–H groups in total. The fourth-order valence-corrected chi connectivity index (χ4v) is 2.83. The van der Waals surface area contributed by atoms with Crippen molar-refractivity contribution in [1.29, 1.82) is 0 Å². The van der Waals surface area contributed by atoms with Crippen molar-refractivity contribution in [3.05, 3.63) is 45.9 Å². The number of aryl methyl sites for hydroxylation is 3. The van der Waals surface area contributed by atoms with Crippen LogP contribution in [0.15, 0.2) is 31.8 Å². The van der Waals surface area contributed by atoms with Crippen LogP contribution in [0.4, 0.5) is 0 Å². The van der Waals surface area contributed by atoms with Gasteiger partial charge in [-0.2, -0.15) is 16.3 Å². The standard InChI is InChI=1S/C16H16N4O4S/c1-9-7-12(10(2)23-9)16(22)19-18-13(21)3-4-14-17-15(20-24-14)11-5-6-25-8-11/h5-8H,3-4H2,1-2H3,(H,18,21)(H,19,22). The molecule has 0 radical (unpaired) electrons. The normalized spacial score (nSPS) is 10.6. The smallest absolute Gasteiger partial charge is 0.273 e. The van der Waals surface area contributed by atoms with Gasteiger partial charge in [-0.05, 0) is 31.4 Å². The van der Waals surface area contributed by atoms with E-state index in [-0.39, 0.29) is 18.7 Å². The van der Waals surface area contributed by atoms with Gasteiger partial charge >= 0.3 is 0 Å². The molecule has 0 spiro atoms. The van der Waals surface area contributed by atoms with Gasteiger partial charge in [-0.15, -0.1) is 0 Å². The number of carbonyl (C=O) groups excluding carboxylic acids is 2. The second-order valence-corrected chi connectivity index (χ2v) is 6.13. The van der Waals surface area contributed by atoms with Gasteiger partial charge < -0.3 is 8.94 Å². The summed E-state index contributed by atoms with van der Waals surface area (Å²) in [5, 5.41) is 7.71. The van der Waals surface area contributed by atoms with Gasteiger partial charge in [0.25, 0.3) is 5.91 Å². The number of hydrazine groups is 1. The lowest BCUT2D eigenvalue weighted by atomic mass is 10.2. The van der Waals surface area contributed by atoms with E-state index in [4.69, 9.17) is 8.94 Å². The van der Waals surface area contributed by atoms with E-state index >= 15 is 0 Å². The molecule has 25 heavy (non-hydrogen) atoms. The number of hydrogen-bond donors (Lipinski definition) is 2. The molecule has 3 aromatic rings. The van der Waals surface area contributed by atoms with Crippen molar-refractivity contribution in [2.45, 2.75) is 26.7 Å². The largest absolute Gasteiger partial charge is 0.466 e. The van der Waals surface area contributed by atoms with Gasteiger partial charge in [0.2, 0.25) is 17.6 Å². The summed E-state index contributed by atoms with van der Waals surface area (Å²) in [6.45, 7) is 3.43. The van der Waals surface area contributed by atoms with Gasteiger partial charge in [-0.3, -0.25) is 20.4 Å². The Morgan fingerprint density at radius 1 is 1.28 bits per heavy atom. The third-order valence-electron chi connectivity index (χ3n) is 3.41. The monoisotopic (exact) mass is 360 g/mol. The molecule has 2 amide bonds. The molecule has 0 saturated carbocycles. The fourth-order valence-electron chi connectivity index (χ4n) is 2.20. The summed E-state index contributed by atoms with van der Waals surface area (Å²) < 4.78 is 10.4. The summed E-state index contributed by atoms with van der Waals surface area (Å²) in [4.78, 5) is 28.0. The zero-order chi connectivity index (χ0) is 17.8. The van der Waals surface area contributed by atoms with Crippen LogP contribution in [-0.2, 0) is 11.2 Å². The fraction of sp³-hybridized carbons (Fsp3) is 0.250. The molecule has 3 rings (SSSR count).